The van der Waals surface area contributed by atoms with E-state index in [9.17, 15) is 4.79 Å². The van der Waals surface area contributed by atoms with E-state index in [-0.39, 0.29) is 11.3 Å². The zero-order valence-corrected chi connectivity index (χ0v) is 11.8. The van der Waals surface area contributed by atoms with Crippen molar-refractivity contribution in [3.63, 3.8) is 0 Å². The first-order valence-electron chi connectivity index (χ1n) is 5.26. The monoisotopic (exact) mass is 287 g/mol. The molecule has 0 bridgehead atoms. The van der Waals surface area contributed by atoms with Gasteiger partial charge in [0.2, 0.25) is 5.91 Å². The van der Waals surface area contributed by atoms with Crippen LogP contribution in [0.15, 0.2) is 21.2 Å². The van der Waals surface area contributed by atoms with Crippen LogP contribution in [0.2, 0.25) is 0 Å². The van der Waals surface area contributed by atoms with E-state index in [1.54, 1.807) is 11.9 Å². The summed E-state index contributed by atoms with van der Waals surface area (Å²) in [4.78, 5) is 13.5. The molecular formula is C12H18BrNO2. The molecule has 0 fully saturated rings. The number of rotatable bonds is 3. The van der Waals surface area contributed by atoms with Crippen molar-refractivity contribution in [2.75, 3.05) is 7.05 Å². The van der Waals surface area contributed by atoms with E-state index in [1.165, 1.54) is 0 Å². The smallest absolute Gasteiger partial charge is 0.223 e. The fourth-order valence-electron chi connectivity index (χ4n) is 1.35. The van der Waals surface area contributed by atoms with E-state index < -0.39 is 0 Å². The van der Waals surface area contributed by atoms with Gasteiger partial charge in [-0.3, -0.25) is 4.79 Å². The predicted molar refractivity (Wildman–Crippen MR) is 67.0 cm³/mol. The fourth-order valence-corrected chi connectivity index (χ4v) is 1.69. The minimum atomic E-state index is 0.0229. The molecule has 90 valence electrons. The summed E-state index contributed by atoms with van der Waals surface area (Å²) in [7, 11) is 1.80. The highest BCUT2D eigenvalue weighted by Gasteiger charge is 2.19. The van der Waals surface area contributed by atoms with Crippen LogP contribution < -0.4 is 0 Å². The maximum absolute atomic E-state index is 11.8. The molecule has 1 heterocycles. The van der Waals surface area contributed by atoms with Gasteiger partial charge in [0.15, 0.2) is 4.67 Å². The lowest BCUT2D eigenvalue weighted by Crippen LogP contribution is -2.29. The van der Waals surface area contributed by atoms with Gasteiger partial charge in [-0.05, 0) is 33.5 Å². The molecule has 1 rings (SSSR count). The molecule has 1 aromatic heterocycles. The van der Waals surface area contributed by atoms with Gasteiger partial charge >= 0.3 is 0 Å². The van der Waals surface area contributed by atoms with Crippen molar-refractivity contribution >= 4 is 21.8 Å². The summed E-state index contributed by atoms with van der Waals surface area (Å²) in [5, 5.41) is 0. The molecule has 0 radical (unpaired) electrons. The minimum Gasteiger partial charge on any atom is -0.452 e. The second-order valence-electron chi connectivity index (χ2n) is 5.19. The third-order valence-corrected chi connectivity index (χ3v) is 2.56. The number of furan rings is 1. The van der Waals surface area contributed by atoms with Crippen molar-refractivity contribution in [2.24, 2.45) is 5.41 Å². The van der Waals surface area contributed by atoms with Gasteiger partial charge < -0.3 is 9.32 Å². The molecule has 0 atom stereocenters. The third-order valence-electron chi connectivity index (χ3n) is 2.13. The van der Waals surface area contributed by atoms with E-state index in [0.717, 1.165) is 5.76 Å². The lowest BCUT2D eigenvalue weighted by atomic mass is 9.92. The molecule has 0 spiro atoms. The Labute approximate surface area is 105 Å². The van der Waals surface area contributed by atoms with Crippen LogP contribution in [-0.2, 0) is 11.3 Å². The highest BCUT2D eigenvalue weighted by atomic mass is 79.9. The lowest BCUT2D eigenvalue weighted by molar-refractivity contribution is -0.132. The van der Waals surface area contributed by atoms with Gasteiger partial charge in [-0.25, -0.2) is 0 Å². The Morgan fingerprint density at radius 1 is 1.44 bits per heavy atom. The first-order valence-corrected chi connectivity index (χ1v) is 6.05. The molecule has 0 aliphatic carbocycles. The summed E-state index contributed by atoms with van der Waals surface area (Å²) in [5.74, 6) is 0.927. The highest BCUT2D eigenvalue weighted by molar-refractivity contribution is 9.10. The maximum Gasteiger partial charge on any atom is 0.223 e. The SMILES string of the molecule is CN(Cc1ccc(Br)o1)C(=O)CC(C)(C)C. The standard InChI is InChI=1S/C12H18BrNO2/c1-12(2,3)7-11(15)14(4)8-9-5-6-10(13)16-9/h5-6H,7-8H2,1-4H3. The van der Waals surface area contributed by atoms with Crippen LogP contribution in [0.3, 0.4) is 0 Å². The predicted octanol–water partition coefficient (Wildman–Crippen LogP) is 3.44. The number of nitrogens with zero attached hydrogens (tertiary/aromatic N) is 1. The largest absolute Gasteiger partial charge is 0.452 e. The summed E-state index contributed by atoms with van der Waals surface area (Å²) < 4.78 is 6.05. The van der Waals surface area contributed by atoms with Crippen LogP contribution >= 0.6 is 15.9 Å². The fraction of sp³-hybridized carbons (Fsp3) is 0.583. The van der Waals surface area contributed by atoms with Crippen LogP contribution in [0, 0.1) is 5.41 Å². The number of hydrogen-bond donors (Lipinski definition) is 0. The zero-order valence-electron chi connectivity index (χ0n) is 10.2. The number of halogens is 1. The van der Waals surface area contributed by atoms with E-state index in [1.807, 2.05) is 12.1 Å². The van der Waals surface area contributed by atoms with Gasteiger partial charge in [-0.15, -0.1) is 0 Å². The van der Waals surface area contributed by atoms with Crippen molar-refractivity contribution in [3.8, 4) is 0 Å². The van der Waals surface area contributed by atoms with Gasteiger partial charge in [0.05, 0.1) is 6.54 Å². The summed E-state index contributed by atoms with van der Waals surface area (Å²) in [6, 6.07) is 3.70. The highest BCUT2D eigenvalue weighted by Crippen LogP contribution is 2.21. The molecule has 0 saturated heterocycles. The number of hydrogen-bond acceptors (Lipinski definition) is 2. The quantitative estimate of drug-likeness (QED) is 0.853. The number of carbonyl (C=O) groups is 1. The molecular weight excluding hydrogens is 270 g/mol. The summed E-state index contributed by atoms with van der Waals surface area (Å²) in [6.45, 7) is 6.69. The number of carbonyl (C=O) groups excluding carboxylic acids is 1. The Hall–Kier alpha value is -0.770. The van der Waals surface area contributed by atoms with Crippen molar-refractivity contribution in [2.45, 2.75) is 33.7 Å². The normalized spacial score (nSPS) is 11.6. The van der Waals surface area contributed by atoms with Crippen LogP contribution in [0.1, 0.15) is 33.0 Å². The van der Waals surface area contributed by atoms with Gasteiger partial charge in [-0.2, -0.15) is 0 Å². The topological polar surface area (TPSA) is 33.5 Å². The van der Waals surface area contributed by atoms with E-state index in [0.29, 0.717) is 17.6 Å². The molecule has 1 amide bonds. The van der Waals surface area contributed by atoms with Gasteiger partial charge in [0, 0.05) is 13.5 Å². The first kappa shape index (κ1) is 13.3. The summed E-state index contributed by atoms with van der Waals surface area (Å²) in [5.41, 5.74) is 0.0229. The second-order valence-corrected chi connectivity index (χ2v) is 5.97. The Balaban J connectivity index is 2.52. The Morgan fingerprint density at radius 2 is 2.06 bits per heavy atom. The zero-order chi connectivity index (χ0) is 12.3. The van der Waals surface area contributed by atoms with Crippen molar-refractivity contribution < 1.29 is 9.21 Å². The molecule has 0 aliphatic heterocycles. The van der Waals surface area contributed by atoms with Crippen LogP contribution in [0.5, 0.6) is 0 Å². The van der Waals surface area contributed by atoms with E-state index in [4.69, 9.17) is 4.42 Å². The van der Waals surface area contributed by atoms with Crippen LogP contribution in [-0.4, -0.2) is 17.9 Å². The number of amides is 1. The molecule has 1 aromatic rings. The molecule has 16 heavy (non-hydrogen) atoms. The molecule has 0 unspecified atom stereocenters. The summed E-state index contributed by atoms with van der Waals surface area (Å²) in [6.07, 6.45) is 0.547. The molecule has 0 aliphatic rings. The first-order chi connectivity index (χ1) is 7.28. The van der Waals surface area contributed by atoms with Gasteiger partial charge in [0.1, 0.15) is 5.76 Å². The molecule has 0 saturated carbocycles. The average molecular weight is 288 g/mol. The molecule has 0 aromatic carbocycles. The summed E-state index contributed by atoms with van der Waals surface area (Å²) >= 11 is 3.24. The Morgan fingerprint density at radius 3 is 2.50 bits per heavy atom. The third kappa shape index (κ3) is 4.39. The van der Waals surface area contributed by atoms with Crippen LogP contribution in [0.4, 0.5) is 0 Å². The molecule has 4 heteroatoms. The Kier molecular flexibility index (Phi) is 4.19. The Bertz CT molecular complexity index is 365. The minimum absolute atomic E-state index is 0.0229. The average Bonchev–Trinajstić information content (AvgIpc) is 2.48. The van der Waals surface area contributed by atoms with Crippen molar-refractivity contribution in [1.82, 2.24) is 4.90 Å². The van der Waals surface area contributed by atoms with E-state index in [2.05, 4.69) is 36.7 Å². The molecule has 0 N–H and O–H groups in total. The van der Waals surface area contributed by atoms with Crippen molar-refractivity contribution in [1.29, 1.82) is 0 Å². The lowest BCUT2D eigenvalue weighted by Gasteiger charge is -2.22. The van der Waals surface area contributed by atoms with Gasteiger partial charge in [-0.1, -0.05) is 20.8 Å². The second kappa shape index (κ2) is 5.04. The van der Waals surface area contributed by atoms with Crippen molar-refractivity contribution in [3.05, 3.63) is 22.6 Å². The van der Waals surface area contributed by atoms with Gasteiger partial charge in [0.25, 0.3) is 0 Å². The van der Waals surface area contributed by atoms with E-state index >= 15 is 0 Å². The van der Waals surface area contributed by atoms with Crippen LogP contribution in [0.25, 0.3) is 0 Å². The maximum atomic E-state index is 11.8. The molecule has 3 nitrogen and oxygen atoms in total.